The second-order valence-electron chi connectivity index (χ2n) is 5.98. The Balaban J connectivity index is 1.83. The third kappa shape index (κ3) is 9.43. The Labute approximate surface area is 130 Å². The summed E-state index contributed by atoms with van der Waals surface area (Å²) < 4.78 is 0. The van der Waals surface area contributed by atoms with Crippen molar-refractivity contribution in [3.05, 3.63) is 12.2 Å². The standard InChI is InChI=1S/C18H32N2O/c1-2-3-4-5-6-7-8-9-10-11-15-20-18(21)17-13-12-14-19-16-17/h12-14,17H,2-11,15-16H2,1H3,(H,20,21). The van der Waals surface area contributed by atoms with Gasteiger partial charge < -0.3 is 5.32 Å². The first-order chi connectivity index (χ1) is 10.3. The number of nitrogens with zero attached hydrogens (tertiary/aromatic N) is 1. The minimum Gasteiger partial charge on any atom is -0.356 e. The Morgan fingerprint density at radius 1 is 1.05 bits per heavy atom. The minimum absolute atomic E-state index is 0.0573. The Kier molecular flexibility index (Phi) is 10.8. The molecule has 3 heteroatoms. The number of nitrogens with one attached hydrogen (secondary N) is 1. The number of aliphatic imine (C=N–C) groups is 1. The lowest BCUT2D eigenvalue weighted by Crippen LogP contribution is -2.32. The minimum atomic E-state index is -0.0573. The van der Waals surface area contributed by atoms with Crippen molar-refractivity contribution < 1.29 is 4.79 Å². The number of carbonyl (C=O) groups is 1. The molecule has 1 rings (SSSR count). The highest BCUT2D eigenvalue weighted by Crippen LogP contribution is 2.10. The lowest BCUT2D eigenvalue weighted by atomic mass is 10.1. The molecule has 0 radical (unpaired) electrons. The number of amides is 1. The third-order valence-corrected chi connectivity index (χ3v) is 4.00. The molecule has 0 aromatic rings. The van der Waals surface area contributed by atoms with Gasteiger partial charge in [-0.3, -0.25) is 9.79 Å². The van der Waals surface area contributed by atoms with E-state index in [2.05, 4.69) is 17.2 Å². The molecule has 1 aliphatic heterocycles. The van der Waals surface area contributed by atoms with Crippen LogP contribution in [-0.2, 0) is 4.79 Å². The molecule has 1 atom stereocenters. The van der Waals surface area contributed by atoms with Gasteiger partial charge in [-0.1, -0.05) is 70.8 Å². The second kappa shape index (κ2) is 12.6. The number of allylic oxidation sites excluding steroid dienone is 1. The second-order valence-corrected chi connectivity index (χ2v) is 5.98. The first-order valence-corrected chi connectivity index (χ1v) is 8.79. The number of carbonyl (C=O) groups excluding carboxylic acids is 1. The van der Waals surface area contributed by atoms with Gasteiger partial charge in [0, 0.05) is 12.8 Å². The fraction of sp³-hybridized carbons (Fsp3) is 0.778. The Morgan fingerprint density at radius 2 is 1.67 bits per heavy atom. The summed E-state index contributed by atoms with van der Waals surface area (Å²) in [6.07, 6.45) is 18.8. The van der Waals surface area contributed by atoms with E-state index in [1.54, 1.807) is 6.21 Å². The van der Waals surface area contributed by atoms with Crippen LogP contribution >= 0.6 is 0 Å². The molecule has 0 aliphatic carbocycles. The van der Waals surface area contributed by atoms with Crippen molar-refractivity contribution in [2.45, 2.75) is 71.1 Å². The Morgan fingerprint density at radius 3 is 2.24 bits per heavy atom. The van der Waals surface area contributed by atoms with Crippen LogP contribution in [0.4, 0.5) is 0 Å². The molecule has 1 aliphatic rings. The van der Waals surface area contributed by atoms with Gasteiger partial charge in [0.25, 0.3) is 0 Å². The molecule has 21 heavy (non-hydrogen) atoms. The molecular formula is C18H32N2O. The largest absolute Gasteiger partial charge is 0.356 e. The summed E-state index contributed by atoms with van der Waals surface area (Å²) in [4.78, 5) is 15.9. The highest BCUT2D eigenvalue weighted by Gasteiger charge is 2.14. The summed E-state index contributed by atoms with van der Waals surface area (Å²) in [5, 5.41) is 3.01. The number of dihydropyridines is 1. The van der Waals surface area contributed by atoms with Crippen molar-refractivity contribution in [2.24, 2.45) is 10.9 Å². The molecule has 120 valence electrons. The van der Waals surface area contributed by atoms with Crippen LogP contribution in [0.25, 0.3) is 0 Å². The molecule has 0 aromatic carbocycles. The summed E-state index contributed by atoms with van der Waals surface area (Å²) in [5.41, 5.74) is 0. The number of hydrogen-bond acceptors (Lipinski definition) is 2. The van der Waals surface area contributed by atoms with Crippen LogP contribution in [0.1, 0.15) is 71.1 Å². The van der Waals surface area contributed by atoms with Gasteiger partial charge in [-0.2, -0.15) is 0 Å². The number of unbranched alkanes of at least 4 members (excludes halogenated alkanes) is 9. The van der Waals surface area contributed by atoms with Crippen molar-refractivity contribution in [1.29, 1.82) is 0 Å². The van der Waals surface area contributed by atoms with Crippen molar-refractivity contribution in [3.63, 3.8) is 0 Å². The molecule has 0 bridgehead atoms. The van der Waals surface area contributed by atoms with Gasteiger partial charge in [0.05, 0.1) is 12.5 Å². The van der Waals surface area contributed by atoms with Gasteiger partial charge in [-0.05, 0) is 12.5 Å². The number of rotatable bonds is 12. The van der Waals surface area contributed by atoms with Gasteiger partial charge in [0.1, 0.15) is 0 Å². The van der Waals surface area contributed by atoms with Gasteiger partial charge in [0.15, 0.2) is 0 Å². The Bertz CT molecular complexity index is 323. The maximum atomic E-state index is 11.8. The van der Waals surface area contributed by atoms with Crippen LogP contribution in [0.5, 0.6) is 0 Å². The first-order valence-electron chi connectivity index (χ1n) is 8.79. The van der Waals surface area contributed by atoms with Crippen LogP contribution in [-0.4, -0.2) is 25.2 Å². The summed E-state index contributed by atoms with van der Waals surface area (Å²) >= 11 is 0. The zero-order chi connectivity index (χ0) is 15.2. The van der Waals surface area contributed by atoms with Crippen LogP contribution in [0, 0.1) is 5.92 Å². The van der Waals surface area contributed by atoms with E-state index in [4.69, 9.17) is 0 Å². The molecule has 1 unspecified atom stereocenters. The fourth-order valence-corrected chi connectivity index (χ4v) is 2.61. The number of hydrogen-bond donors (Lipinski definition) is 1. The van der Waals surface area contributed by atoms with E-state index in [1.807, 2.05) is 12.2 Å². The topological polar surface area (TPSA) is 41.5 Å². The normalized spacial score (nSPS) is 17.1. The van der Waals surface area contributed by atoms with Crippen LogP contribution in [0.15, 0.2) is 17.1 Å². The predicted molar refractivity (Wildman–Crippen MR) is 90.8 cm³/mol. The molecule has 0 spiro atoms. The van der Waals surface area contributed by atoms with Gasteiger partial charge in [0.2, 0.25) is 5.91 Å². The SMILES string of the molecule is CCCCCCCCCCCCNC(=O)C1C=CC=NC1. The summed E-state index contributed by atoms with van der Waals surface area (Å²) in [7, 11) is 0. The summed E-state index contributed by atoms with van der Waals surface area (Å²) in [6, 6.07) is 0. The monoisotopic (exact) mass is 292 g/mol. The smallest absolute Gasteiger partial charge is 0.228 e. The maximum Gasteiger partial charge on any atom is 0.228 e. The Hall–Kier alpha value is -1.12. The van der Waals surface area contributed by atoms with Crippen LogP contribution < -0.4 is 5.32 Å². The van der Waals surface area contributed by atoms with E-state index in [0.717, 1.165) is 13.0 Å². The van der Waals surface area contributed by atoms with E-state index in [9.17, 15) is 4.79 Å². The molecular weight excluding hydrogens is 260 g/mol. The quantitative estimate of drug-likeness (QED) is 0.536. The van der Waals surface area contributed by atoms with Crippen LogP contribution in [0.2, 0.25) is 0 Å². The van der Waals surface area contributed by atoms with E-state index < -0.39 is 0 Å². The lowest BCUT2D eigenvalue weighted by Gasteiger charge is -2.12. The molecule has 1 heterocycles. The van der Waals surface area contributed by atoms with E-state index in [0.29, 0.717) is 6.54 Å². The molecule has 0 aromatic heterocycles. The molecule has 0 saturated carbocycles. The average molecular weight is 292 g/mol. The van der Waals surface area contributed by atoms with Crippen molar-refractivity contribution in [3.8, 4) is 0 Å². The average Bonchev–Trinajstić information content (AvgIpc) is 2.53. The predicted octanol–water partition coefficient (Wildman–Crippen LogP) is 4.28. The van der Waals surface area contributed by atoms with Gasteiger partial charge >= 0.3 is 0 Å². The van der Waals surface area contributed by atoms with E-state index in [1.165, 1.54) is 57.8 Å². The van der Waals surface area contributed by atoms with E-state index in [-0.39, 0.29) is 11.8 Å². The van der Waals surface area contributed by atoms with Crippen LogP contribution in [0.3, 0.4) is 0 Å². The fourth-order valence-electron chi connectivity index (χ4n) is 2.61. The molecule has 3 nitrogen and oxygen atoms in total. The first kappa shape index (κ1) is 17.9. The van der Waals surface area contributed by atoms with Crippen molar-refractivity contribution >= 4 is 12.1 Å². The lowest BCUT2D eigenvalue weighted by molar-refractivity contribution is -0.123. The third-order valence-electron chi connectivity index (χ3n) is 4.00. The van der Waals surface area contributed by atoms with Crippen molar-refractivity contribution in [2.75, 3.05) is 13.1 Å². The van der Waals surface area contributed by atoms with Gasteiger partial charge in [-0.25, -0.2) is 0 Å². The zero-order valence-corrected chi connectivity index (χ0v) is 13.7. The molecule has 1 amide bonds. The summed E-state index contributed by atoms with van der Waals surface area (Å²) in [5.74, 6) is 0.0668. The van der Waals surface area contributed by atoms with Gasteiger partial charge in [-0.15, -0.1) is 0 Å². The van der Waals surface area contributed by atoms with Crippen molar-refractivity contribution in [1.82, 2.24) is 5.32 Å². The maximum absolute atomic E-state index is 11.8. The summed E-state index contributed by atoms with van der Waals surface area (Å²) in [6.45, 7) is 3.67. The zero-order valence-electron chi connectivity index (χ0n) is 13.7. The highest BCUT2D eigenvalue weighted by molar-refractivity contribution is 5.83. The molecule has 0 saturated heterocycles. The highest BCUT2D eigenvalue weighted by atomic mass is 16.1. The van der Waals surface area contributed by atoms with E-state index >= 15 is 0 Å². The molecule has 0 fully saturated rings. The molecule has 1 N–H and O–H groups in total.